The molecule has 9 heteroatoms. The van der Waals surface area contributed by atoms with Gasteiger partial charge in [-0.25, -0.2) is 12.7 Å². The fourth-order valence-corrected chi connectivity index (χ4v) is 5.97. The van der Waals surface area contributed by atoms with Crippen LogP contribution in [0.2, 0.25) is 15.1 Å². The maximum atomic E-state index is 12.9. The van der Waals surface area contributed by atoms with Crippen molar-refractivity contribution in [3.05, 3.63) is 68.7 Å². The van der Waals surface area contributed by atoms with Gasteiger partial charge in [0.2, 0.25) is 15.9 Å². The Labute approximate surface area is 192 Å². The number of nitrogens with one attached hydrogen (secondary N) is 1. The first-order valence-corrected chi connectivity index (χ1v) is 12.4. The van der Waals surface area contributed by atoms with Crippen molar-refractivity contribution < 1.29 is 13.2 Å². The lowest BCUT2D eigenvalue weighted by atomic mass is 9.99. The van der Waals surface area contributed by atoms with E-state index in [4.69, 9.17) is 34.8 Å². The van der Waals surface area contributed by atoms with E-state index >= 15 is 0 Å². The summed E-state index contributed by atoms with van der Waals surface area (Å²) in [5, 5.41) is 4.23. The summed E-state index contributed by atoms with van der Waals surface area (Å²) in [6, 6.07) is 12.4. The molecule has 5 nitrogen and oxygen atoms in total. The molecule has 162 valence electrons. The number of hydrogen-bond donors (Lipinski definition) is 1. The third-order valence-electron chi connectivity index (χ3n) is 5.16. The second kappa shape index (κ2) is 10.3. The molecule has 1 aliphatic rings. The number of rotatable bonds is 7. The highest BCUT2D eigenvalue weighted by Gasteiger charge is 2.33. The molecule has 0 bridgehead atoms. The van der Waals surface area contributed by atoms with E-state index in [1.54, 1.807) is 18.2 Å². The molecule has 1 fully saturated rings. The summed E-state index contributed by atoms with van der Waals surface area (Å²) in [7, 11) is -3.64. The number of carbonyl (C=O) groups is 1. The SMILES string of the molecule is O=C(NCCc1ccc(Cl)cc1)C1CCCN(S(=O)(=O)Cc2c(Cl)cccc2Cl)C1. The largest absolute Gasteiger partial charge is 0.355 e. The van der Waals surface area contributed by atoms with Gasteiger partial charge in [-0.3, -0.25) is 4.79 Å². The Hall–Kier alpha value is -1.31. The molecule has 0 radical (unpaired) electrons. The van der Waals surface area contributed by atoms with Gasteiger partial charge >= 0.3 is 0 Å². The summed E-state index contributed by atoms with van der Waals surface area (Å²) < 4.78 is 27.2. The minimum absolute atomic E-state index is 0.125. The monoisotopic (exact) mass is 488 g/mol. The van der Waals surface area contributed by atoms with Gasteiger partial charge in [-0.2, -0.15) is 0 Å². The third-order valence-corrected chi connectivity index (χ3v) is 7.89. The number of nitrogens with zero attached hydrogens (tertiary/aromatic N) is 1. The molecule has 0 saturated carbocycles. The van der Waals surface area contributed by atoms with Crippen LogP contribution in [-0.4, -0.2) is 38.3 Å². The number of sulfonamides is 1. The van der Waals surface area contributed by atoms with Gasteiger partial charge in [0.05, 0.1) is 11.7 Å². The molecule has 0 spiro atoms. The van der Waals surface area contributed by atoms with Crippen LogP contribution in [0.5, 0.6) is 0 Å². The molecule has 3 rings (SSSR count). The molecule has 1 N–H and O–H groups in total. The van der Waals surface area contributed by atoms with Crippen molar-refractivity contribution in [2.24, 2.45) is 5.92 Å². The van der Waals surface area contributed by atoms with Crippen LogP contribution < -0.4 is 5.32 Å². The van der Waals surface area contributed by atoms with Crippen LogP contribution in [0.3, 0.4) is 0 Å². The van der Waals surface area contributed by atoms with Gasteiger partial charge in [0, 0.05) is 40.3 Å². The standard InChI is InChI=1S/C21H23Cl3N2O3S/c22-17-8-6-15(7-9-17)10-11-25-21(27)16-3-2-12-26(13-16)30(28,29)14-18-19(23)4-1-5-20(18)24/h1,4-9,16H,2-3,10-14H2,(H,25,27). The summed E-state index contributed by atoms with van der Waals surface area (Å²) in [5.74, 6) is -0.781. The van der Waals surface area contributed by atoms with Crippen molar-refractivity contribution in [3.63, 3.8) is 0 Å². The second-order valence-corrected chi connectivity index (χ2v) is 10.5. The Kier molecular flexibility index (Phi) is 8.04. The van der Waals surface area contributed by atoms with E-state index in [9.17, 15) is 13.2 Å². The molecule has 1 aliphatic heterocycles. The third kappa shape index (κ3) is 6.11. The Morgan fingerprint density at radius 1 is 1.07 bits per heavy atom. The number of carbonyl (C=O) groups excluding carboxylic acids is 1. The number of piperidine rings is 1. The number of amides is 1. The van der Waals surface area contributed by atoms with Gasteiger partial charge in [0.1, 0.15) is 0 Å². The summed E-state index contributed by atoms with van der Waals surface area (Å²) in [5.41, 5.74) is 1.46. The Bertz CT molecular complexity index is 977. The molecule has 0 aromatic heterocycles. The second-order valence-electron chi connectivity index (χ2n) is 7.32. The van der Waals surface area contributed by atoms with E-state index in [1.807, 2.05) is 24.3 Å². The fourth-order valence-electron chi connectivity index (χ4n) is 3.48. The van der Waals surface area contributed by atoms with Crippen LogP contribution in [0.25, 0.3) is 0 Å². The first kappa shape index (κ1) is 23.4. The first-order valence-electron chi connectivity index (χ1n) is 9.69. The van der Waals surface area contributed by atoms with Crippen molar-refractivity contribution in [1.82, 2.24) is 9.62 Å². The van der Waals surface area contributed by atoms with Gasteiger partial charge in [-0.15, -0.1) is 0 Å². The van der Waals surface area contributed by atoms with Crippen LogP contribution in [0, 0.1) is 5.92 Å². The predicted molar refractivity (Wildman–Crippen MR) is 122 cm³/mol. The molecule has 2 aromatic carbocycles. The van der Waals surface area contributed by atoms with Crippen molar-refractivity contribution >= 4 is 50.7 Å². The van der Waals surface area contributed by atoms with Gasteiger partial charge in [0.25, 0.3) is 0 Å². The molecule has 1 heterocycles. The average Bonchev–Trinajstić information content (AvgIpc) is 2.72. The molecular formula is C21H23Cl3N2O3S. The molecule has 1 atom stereocenters. The Morgan fingerprint density at radius 3 is 2.40 bits per heavy atom. The quantitative estimate of drug-likeness (QED) is 0.620. The fraction of sp³-hybridized carbons (Fsp3) is 0.381. The number of hydrogen-bond acceptors (Lipinski definition) is 3. The topological polar surface area (TPSA) is 66.5 Å². The predicted octanol–water partition coefficient (Wildman–Crippen LogP) is 4.55. The first-order chi connectivity index (χ1) is 14.3. The van der Waals surface area contributed by atoms with Crippen molar-refractivity contribution in [3.8, 4) is 0 Å². The van der Waals surface area contributed by atoms with E-state index in [-0.39, 0.29) is 24.1 Å². The van der Waals surface area contributed by atoms with Crippen molar-refractivity contribution in [1.29, 1.82) is 0 Å². The number of benzene rings is 2. The highest BCUT2D eigenvalue weighted by atomic mass is 35.5. The lowest BCUT2D eigenvalue weighted by molar-refractivity contribution is -0.126. The Morgan fingerprint density at radius 2 is 1.73 bits per heavy atom. The normalized spacial score (nSPS) is 17.6. The maximum absolute atomic E-state index is 12.9. The maximum Gasteiger partial charge on any atom is 0.224 e. The van der Waals surface area contributed by atoms with E-state index < -0.39 is 10.0 Å². The minimum Gasteiger partial charge on any atom is -0.355 e. The minimum atomic E-state index is -3.64. The van der Waals surface area contributed by atoms with Gasteiger partial charge in [-0.1, -0.05) is 53.0 Å². The summed E-state index contributed by atoms with van der Waals surface area (Å²) >= 11 is 18.1. The van der Waals surface area contributed by atoms with E-state index in [0.29, 0.717) is 53.0 Å². The molecule has 2 aromatic rings. The van der Waals surface area contributed by atoms with Gasteiger partial charge in [0.15, 0.2) is 0 Å². The van der Waals surface area contributed by atoms with E-state index in [1.165, 1.54) is 4.31 Å². The molecular weight excluding hydrogens is 467 g/mol. The average molecular weight is 490 g/mol. The van der Waals surface area contributed by atoms with Crippen molar-refractivity contribution in [2.75, 3.05) is 19.6 Å². The van der Waals surface area contributed by atoms with E-state index in [2.05, 4.69) is 5.32 Å². The zero-order valence-electron chi connectivity index (χ0n) is 16.3. The van der Waals surface area contributed by atoms with Crippen LogP contribution in [0.1, 0.15) is 24.0 Å². The van der Waals surface area contributed by atoms with Gasteiger partial charge < -0.3 is 5.32 Å². The van der Waals surface area contributed by atoms with Crippen LogP contribution in [-0.2, 0) is 27.0 Å². The summed E-state index contributed by atoms with van der Waals surface area (Å²) in [6.45, 7) is 1.04. The molecule has 1 amide bonds. The van der Waals surface area contributed by atoms with Gasteiger partial charge in [-0.05, 0) is 49.1 Å². The highest BCUT2D eigenvalue weighted by Crippen LogP contribution is 2.29. The lowest BCUT2D eigenvalue weighted by Crippen LogP contribution is -2.46. The summed E-state index contributed by atoms with van der Waals surface area (Å²) in [6.07, 6.45) is 1.97. The molecule has 1 saturated heterocycles. The van der Waals surface area contributed by atoms with Crippen LogP contribution >= 0.6 is 34.8 Å². The summed E-state index contributed by atoms with van der Waals surface area (Å²) in [4.78, 5) is 12.6. The molecule has 0 aliphatic carbocycles. The number of halogens is 3. The molecule has 30 heavy (non-hydrogen) atoms. The van der Waals surface area contributed by atoms with E-state index in [0.717, 1.165) is 5.56 Å². The lowest BCUT2D eigenvalue weighted by Gasteiger charge is -2.31. The highest BCUT2D eigenvalue weighted by molar-refractivity contribution is 7.88. The zero-order valence-corrected chi connectivity index (χ0v) is 19.4. The van der Waals surface area contributed by atoms with Crippen LogP contribution in [0.4, 0.5) is 0 Å². The van der Waals surface area contributed by atoms with Crippen molar-refractivity contribution in [2.45, 2.75) is 25.0 Å². The zero-order chi connectivity index (χ0) is 21.7. The molecule has 1 unspecified atom stereocenters. The Balaban J connectivity index is 1.57. The smallest absolute Gasteiger partial charge is 0.224 e. The van der Waals surface area contributed by atoms with Crippen LogP contribution in [0.15, 0.2) is 42.5 Å².